The number of aryl methyl sites for hydroxylation is 1. The molecule has 0 radical (unpaired) electrons. The van der Waals surface area contributed by atoms with Crippen molar-refractivity contribution in [2.45, 2.75) is 32.4 Å². The third-order valence-corrected chi connectivity index (χ3v) is 8.40. The highest BCUT2D eigenvalue weighted by atomic mass is 32.2. The number of hydrogen-bond donors (Lipinski definition) is 2. The Balaban J connectivity index is 1.63. The number of hydrogen-bond acceptors (Lipinski definition) is 11. The summed E-state index contributed by atoms with van der Waals surface area (Å²) < 4.78 is 38.2. The van der Waals surface area contributed by atoms with E-state index >= 15 is 0 Å². The van der Waals surface area contributed by atoms with Crippen molar-refractivity contribution in [3.63, 3.8) is 0 Å². The van der Waals surface area contributed by atoms with Gasteiger partial charge in [0.25, 0.3) is 0 Å². The van der Waals surface area contributed by atoms with E-state index in [2.05, 4.69) is 26.4 Å². The van der Waals surface area contributed by atoms with Crippen molar-refractivity contribution in [1.29, 1.82) is 0 Å². The molecule has 2 aliphatic rings. The largest absolute Gasteiger partial charge is 0.480 e. The molecule has 0 amide bonds. The van der Waals surface area contributed by atoms with E-state index in [0.717, 1.165) is 59.4 Å². The second-order valence-corrected chi connectivity index (χ2v) is 12.4. The predicted molar refractivity (Wildman–Crippen MR) is 144 cm³/mol. The highest BCUT2D eigenvalue weighted by Gasteiger charge is 2.25. The maximum Gasteiger partial charge on any atom is 0.238 e. The van der Waals surface area contributed by atoms with Gasteiger partial charge in [0.1, 0.15) is 5.69 Å². The van der Waals surface area contributed by atoms with E-state index in [1.165, 1.54) is 7.11 Å². The number of methoxy groups -OCH3 is 1. The minimum absolute atomic E-state index is 0.184. The van der Waals surface area contributed by atoms with Crippen molar-refractivity contribution in [2.24, 2.45) is 0 Å². The zero-order valence-corrected chi connectivity index (χ0v) is 22.9. The first-order valence-electron chi connectivity index (χ1n) is 12.3. The number of aliphatic hydroxyl groups excluding tert-OH is 1. The van der Waals surface area contributed by atoms with Gasteiger partial charge in [0.2, 0.25) is 21.9 Å². The Kier molecular flexibility index (Phi) is 7.50. The molecule has 0 saturated carbocycles. The molecule has 13 heteroatoms. The number of aromatic nitrogens is 3. The fraction of sp³-hybridized carbons (Fsp3) is 0.542. The summed E-state index contributed by atoms with van der Waals surface area (Å²) in [5.74, 6) is 0.801. The normalized spacial score (nSPS) is 17.9. The summed E-state index contributed by atoms with van der Waals surface area (Å²) in [4.78, 5) is 20.0. The number of piperidine rings is 1. The standard InChI is InChI=1S/C24H32N6O5S2/c1-15-18(14-29-6-4-17(31)5-7-29)21-22(36-15)20(26-24(27-21)30-8-10-35-11-9-30)16-12-19(28-37(3,32)33)23(34-2)25-13-16/h12-13,17,28,31H,4-11,14H2,1-3H3. The molecule has 200 valence electrons. The summed E-state index contributed by atoms with van der Waals surface area (Å²) in [5, 5.41) is 9.93. The molecule has 0 bridgehead atoms. The zero-order valence-electron chi connectivity index (χ0n) is 21.2. The van der Waals surface area contributed by atoms with E-state index in [9.17, 15) is 13.5 Å². The van der Waals surface area contributed by atoms with Crippen LogP contribution in [0.2, 0.25) is 0 Å². The molecule has 3 aromatic heterocycles. The summed E-state index contributed by atoms with van der Waals surface area (Å²) in [6.45, 7) is 7.12. The highest BCUT2D eigenvalue weighted by molar-refractivity contribution is 7.92. The minimum atomic E-state index is -3.55. The van der Waals surface area contributed by atoms with Gasteiger partial charge in [0.15, 0.2) is 0 Å². The maximum atomic E-state index is 12.0. The molecule has 2 saturated heterocycles. The minimum Gasteiger partial charge on any atom is -0.480 e. The Morgan fingerprint density at radius 2 is 1.95 bits per heavy atom. The smallest absolute Gasteiger partial charge is 0.238 e. The lowest BCUT2D eigenvalue weighted by molar-refractivity contribution is 0.0794. The first-order chi connectivity index (χ1) is 17.7. The monoisotopic (exact) mass is 548 g/mol. The summed E-state index contributed by atoms with van der Waals surface area (Å²) in [7, 11) is -2.10. The van der Waals surface area contributed by atoms with Gasteiger partial charge in [0, 0.05) is 54.9 Å². The number of fused-ring (bicyclic) bond motifs is 1. The van der Waals surface area contributed by atoms with Crippen LogP contribution in [-0.2, 0) is 21.3 Å². The average Bonchev–Trinajstić information content (AvgIpc) is 3.19. The van der Waals surface area contributed by atoms with Crippen LogP contribution >= 0.6 is 11.3 Å². The van der Waals surface area contributed by atoms with Crippen molar-refractivity contribution in [3.8, 4) is 17.1 Å². The highest BCUT2D eigenvalue weighted by Crippen LogP contribution is 2.39. The molecular formula is C24H32N6O5S2. The molecule has 3 aromatic rings. The lowest BCUT2D eigenvalue weighted by Gasteiger charge is -2.29. The van der Waals surface area contributed by atoms with Crippen molar-refractivity contribution < 1.29 is 23.0 Å². The number of rotatable bonds is 7. The molecule has 2 N–H and O–H groups in total. The molecule has 0 aliphatic carbocycles. The number of pyridine rings is 1. The molecule has 37 heavy (non-hydrogen) atoms. The van der Waals surface area contributed by atoms with Crippen LogP contribution in [-0.4, -0.2) is 92.2 Å². The summed E-state index contributed by atoms with van der Waals surface area (Å²) in [6, 6.07) is 1.71. The number of ether oxygens (including phenoxy) is 2. The van der Waals surface area contributed by atoms with Crippen LogP contribution in [0.4, 0.5) is 11.6 Å². The first-order valence-corrected chi connectivity index (χ1v) is 15.0. The number of nitrogens with zero attached hydrogens (tertiary/aromatic N) is 5. The number of nitrogens with one attached hydrogen (secondary N) is 1. The van der Waals surface area contributed by atoms with Gasteiger partial charge >= 0.3 is 0 Å². The molecule has 0 aromatic carbocycles. The zero-order chi connectivity index (χ0) is 26.2. The van der Waals surface area contributed by atoms with E-state index in [4.69, 9.17) is 19.4 Å². The van der Waals surface area contributed by atoms with Crippen molar-refractivity contribution in [1.82, 2.24) is 19.9 Å². The van der Waals surface area contributed by atoms with Crippen molar-refractivity contribution in [3.05, 3.63) is 22.7 Å². The lowest BCUT2D eigenvalue weighted by Crippen LogP contribution is -2.37. The maximum absolute atomic E-state index is 12.0. The second kappa shape index (κ2) is 10.7. The number of likely N-dealkylation sites (tertiary alicyclic amines) is 1. The third-order valence-electron chi connectivity index (χ3n) is 6.67. The van der Waals surface area contributed by atoms with Gasteiger partial charge in [0.05, 0.1) is 48.6 Å². The lowest BCUT2D eigenvalue weighted by atomic mass is 10.1. The number of thiophene rings is 1. The Hall–Kier alpha value is -2.58. The fourth-order valence-electron chi connectivity index (χ4n) is 4.73. The quantitative estimate of drug-likeness (QED) is 0.453. The molecule has 0 unspecified atom stereocenters. The van der Waals surface area contributed by atoms with Crippen LogP contribution in [0.1, 0.15) is 23.3 Å². The van der Waals surface area contributed by atoms with E-state index in [0.29, 0.717) is 43.5 Å². The number of sulfonamides is 1. The van der Waals surface area contributed by atoms with Crippen LogP contribution in [0.5, 0.6) is 5.88 Å². The Labute approximate surface area is 220 Å². The van der Waals surface area contributed by atoms with Crippen LogP contribution in [0, 0.1) is 6.92 Å². The molecule has 2 aliphatic heterocycles. The molecule has 0 spiro atoms. The third kappa shape index (κ3) is 5.80. The molecule has 0 atom stereocenters. The first kappa shape index (κ1) is 26.0. The van der Waals surface area contributed by atoms with Gasteiger partial charge in [-0.15, -0.1) is 11.3 Å². The molecule has 5 heterocycles. The average molecular weight is 549 g/mol. The van der Waals surface area contributed by atoms with Crippen LogP contribution < -0.4 is 14.4 Å². The molecular weight excluding hydrogens is 516 g/mol. The van der Waals surface area contributed by atoms with Gasteiger partial charge < -0.3 is 19.5 Å². The van der Waals surface area contributed by atoms with Crippen molar-refractivity contribution in [2.75, 3.05) is 62.4 Å². The van der Waals surface area contributed by atoms with Crippen LogP contribution in [0.25, 0.3) is 21.5 Å². The Bertz CT molecular complexity index is 1380. The second-order valence-electron chi connectivity index (χ2n) is 9.45. The SMILES string of the molecule is COc1ncc(-c2nc(N3CCOCC3)nc3c(CN4CCC(O)CC4)c(C)sc23)cc1NS(C)(=O)=O. The predicted octanol–water partition coefficient (Wildman–Crippen LogP) is 2.24. The summed E-state index contributed by atoms with van der Waals surface area (Å²) in [5.41, 5.74) is 3.68. The number of morpholine rings is 1. The van der Waals surface area contributed by atoms with Gasteiger partial charge in [-0.2, -0.15) is 0 Å². The van der Waals surface area contributed by atoms with E-state index in [1.54, 1.807) is 23.6 Å². The van der Waals surface area contributed by atoms with Gasteiger partial charge in [-0.1, -0.05) is 0 Å². The molecule has 11 nitrogen and oxygen atoms in total. The summed E-state index contributed by atoms with van der Waals surface area (Å²) >= 11 is 1.63. The topological polar surface area (TPSA) is 130 Å². The van der Waals surface area contributed by atoms with E-state index in [-0.39, 0.29) is 17.7 Å². The van der Waals surface area contributed by atoms with Crippen molar-refractivity contribution >= 4 is 43.2 Å². The number of aliphatic hydroxyl groups is 1. The Morgan fingerprint density at radius 1 is 1.22 bits per heavy atom. The van der Waals surface area contributed by atoms with Gasteiger partial charge in [-0.25, -0.2) is 23.4 Å². The fourth-order valence-corrected chi connectivity index (χ4v) is 6.39. The van der Waals surface area contributed by atoms with Crippen LogP contribution in [0.15, 0.2) is 12.3 Å². The Morgan fingerprint density at radius 3 is 2.62 bits per heavy atom. The summed E-state index contributed by atoms with van der Waals surface area (Å²) in [6.07, 6.45) is 4.06. The molecule has 2 fully saturated rings. The molecule has 5 rings (SSSR count). The number of anilines is 2. The van der Waals surface area contributed by atoms with Gasteiger partial charge in [-0.05, 0) is 25.8 Å². The van der Waals surface area contributed by atoms with Crippen LogP contribution in [0.3, 0.4) is 0 Å². The van der Waals surface area contributed by atoms with E-state index < -0.39 is 10.0 Å². The van der Waals surface area contributed by atoms with Gasteiger partial charge in [-0.3, -0.25) is 9.62 Å². The van der Waals surface area contributed by atoms with E-state index in [1.807, 2.05) is 0 Å².